The summed E-state index contributed by atoms with van der Waals surface area (Å²) in [5.41, 5.74) is 0.161. The van der Waals surface area contributed by atoms with E-state index in [0.29, 0.717) is 41.2 Å². The summed E-state index contributed by atoms with van der Waals surface area (Å²) in [5.74, 6) is 0.377. The molecule has 2 rings (SSSR count). The minimum absolute atomic E-state index is 0.0446. The highest BCUT2D eigenvalue weighted by atomic mass is 35.5. The number of amides is 1. The quantitative estimate of drug-likeness (QED) is 0.685. The average Bonchev–Trinajstić information content (AvgIpc) is 3.03. The molecule has 25 heavy (non-hydrogen) atoms. The van der Waals surface area contributed by atoms with Crippen molar-refractivity contribution in [2.75, 3.05) is 33.3 Å². The van der Waals surface area contributed by atoms with Crippen molar-refractivity contribution in [2.24, 2.45) is 0 Å². The first-order valence-electron chi connectivity index (χ1n) is 7.61. The molecule has 0 unspecified atom stereocenters. The van der Waals surface area contributed by atoms with Gasteiger partial charge in [-0.05, 0) is 19.2 Å². The lowest BCUT2D eigenvalue weighted by atomic mass is 10.3. The maximum absolute atomic E-state index is 12.0. The van der Waals surface area contributed by atoms with Gasteiger partial charge < -0.3 is 24.6 Å². The molecular weight excluding hydrogens is 369 g/mol. The van der Waals surface area contributed by atoms with Crippen molar-refractivity contribution in [2.45, 2.75) is 6.61 Å². The largest absolute Gasteiger partial charge is 0.482 e. The summed E-state index contributed by atoms with van der Waals surface area (Å²) in [7, 11) is 1.85. The number of carbonyl (C=O) groups is 1. The van der Waals surface area contributed by atoms with E-state index in [2.05, 4.69) is 10.5 Å². The smallest absolute Gasteiger partial charge is 0.273 e. The molecule has 1 amide bonds. The van der Waals surface area contributed by atoms with Crippen molar-refractivity contribution in [1.29, 1.82) is 0 Å². The SMILES string of the molecule is CN(CCO)CCNC(=O)c1cc(COc2c(Cl)cccc2Cl)on1. The Morgan fingerprint density at radius 2 is 2.08 bits per heavy atom. The van der Waals surface area contributed by atoms with Gasteiger partial charge in [0.2, 0.25) is 0 Å². The Labute approximate surface area is 155 Å². The number of aliphatic hydroxyl groups is 1. The number of ether oxygens (including phenoxy) is 1. The molecule has 0 atom stereocenters. The number of aliphatic hydroxyl groups excluding tert-OH is 1. The number of para-hydroxylation sites is 1. The number of nitrogens with zero attached hydrogens (tertiary/aromatic N) is 2. The fourth-order valence-corrected chi connectivity index (χ4v) is 2.49. The molecule has 0 saturated heterocycles. The molecule has 0 fully saturated rings. The highest BCUT2D eigenvalue weighted by molar-refractivity contribution is 6.37. The Morgan fingerprint density at radius 3 is 2.76 bits per heavy atom. The van der Waals surface area contributed by atoms with Crippen molar-refractivity contribution in [3.05, 3.63) is 45.8 Å². The maximum atomic E-state index is 12.0. The zero-order valence-corrected chi connectivity index (χ0v) is 15.2. The lowest BCUT2D eigenvalue weighted by Crippen LogP contribution is -2.34. The molecule has 9 heteroatoms. The molecule has 0 aliphatic carbocycles. The first-order valence-corrected chi connectivity index (χ1v) is 8.37. The number of likely N-dealkylation sites (N-methyl/N-ethyl adjacent to an activating group) is 1. The number of halogens is 2. The Bertz CT molecular complexity index is 688. The molecule has 0 saturated carbocycles. The monoisotopic (exact) mass is 387 g/mol. The van der Waals surface area contributed by atoms with Gasteiger partial charge in [0.15, 0.2) is 17.2 Å². The second-order valence-electron chi connectivity index (χ2n) is 5.30. The van der Waals surface area contributed by atoms with Crippen LogP contribution in [0.1, 0.15) is 16.2 Å². The van der Waals surface area contributed by atoms with Crippen molar-refractivity contribution < 1.29 is 19.2 Å². The van der Waals surface area contributed by atoms with Gasteiger partial charge in [0.25, 0.3) is 5.91 Å². The summed E-state index contributed by atoms with van der Waals surface area (Å²) < 4.78 is 10.6. The number of hydrogen-bond acceptors (Lipinski definition) is 6. The molecule has 0 aliphatic rings. The van der Waals surface area contributed by atoms with E-state index in [1.165, 1.54) is 6.07 Å². The second kappa shape index (κ2) is 9.62. The molecule has 7 nitrogen and oxygen atoms in total. The van der Waals surface area contributed by atoms with Crippen molar-refractivity contribution in [3.63, 3.8) is 0 Å². The van der Waals surface area contributed by atoms with Gasteiger partial charge >= 0.3 is 0 Å². The van der Waals surface area contributed by atoms with Crippen molar-refractivity contribution >= 4 is 29.1 Å². The van der Waals surface area contributed by atoms with E-state index < -0.39 is 0 Å². The van der Waals surface area contributed by atoms with Gasteiger partial charge in [0.05, 0.1) is 16.7 Å². The first-order chi connectivity index (χ1) is 12.0. The summed E-state index contributed by atoms with van der Waals surface area (Å²) in [4.78, 5) is 13.9. The van der Waals surface area contributed by atoms with Gasteiger partial charge in [-0.25, -0.2) is 0 Å². The van der Waals surface area contributed by atoms with E-state index in [1.54, 1.807) is 18.2 Å². The lowest BCUT2D eigenvalue weighted by molar-refractivity contribution is 0.0939. The van der Waals surface area contributed by atoms with Gasteiger partial charge in [0, 0.05) is 25.7 Å². The molecule has 136 valence electrons. The minimum atomic E-state index is -0.344. The normalized spacial score (nSPS) is 10.9. The minimum Gasteiger partial charge on any atom is -0.482 e. The summed E-state index contributed by atoms with van der Waals surface area (Å²) in [6.45, 7) is 1.72. The molecule has 2 N–H and O–H groups in total. The van der Waals surface area contributed by atoms with Crippen LogP contribution in [0.15, 0.2) is 28.8 Å². The average molecular weight is 388 g/mol. The van der Waals surface area contributed by atoms with Crippen LogP contribution < -0.4 is 10.1 Å². The van der Waals surface area contributed by atoms with Crippen LogP contribution in [0.5, 0.6) is 5.75 Å². The van der Waals surface area contributed by atoms with E-state index >= 15 is 0 Å². The Hall–Kier alpha value is -1.80. The highest BCUT2D eigenvalue weighted by Gasteiger charge is 2.14. The number of carbonyl (C=O) groups excluding carboxylic acids is 1. The Morgan fingerprint density at radius 1 is 1.36 bits per heavy atom. The van der Waals surface area contributed by atoms with E-state index in [0.717, 1.165) is 0 Å². The van der Waals surface area contributed by atoms with Crippen molar-refractivity contribution in [3.8, 4) is 5.75 Å². The summed E-state index contributed by atoms with van der Waals surface area (Å²) in [6.07, 6.45) is 0. The number of rotatable bonds is 9. The number of nitrogens with one attached hydrogen (secondary N) is 1. The second-order valence-corrected chi connectivity index (χ2v) is 6.12. The van der Waals surface area contributed by atoms with E-state index in [1.807, 2.05) is 11.9 Å². The predicted octanol–water partition coefficient (Wildman–Crippen LogP) is 2.21. The third kappa shape index (κ3) is 5.89. The van der Waals surface area contributed by atoms with E-state index in [9.17, 15) is 4.79 Å². The third-order valence-corrected chi connectivity index (χ3v) is 3.93. The van der Waals surface area contributed by atoms with Gasteiger partial charge in [-0.1, -0.05) is 34.4 Å². The topological polar surface area (TPSA) is 87.8 Å². The number of hydrogen-bond donors (Lipinski definition) is 2. The first kappa shape index (κ1) is 19.5. The predicted molar refractivity (Wildman–Crippen MR) is 94.2 cm³/mol. The van der Waals surface area contributed by atoms with Crippen LogP contribution in [0.3, 0.4) is 0 Å². The molecular formula is C16H19Cl2N3O4. The molecule has 0 aliphatic heterocycles. The molecule has 1 heterocycles. The summed E-state index contributed by atoms with van der Waals surface area (Å²) in [5, 5.41) is 16.0. The van der Waals surface area contributed by atoms with Gasteiger partial charge in [0.1, 0.15) is 6.61 Å². The molecule has 0 radical (unpaired) electrons. The zero-order valence-electron chi connectivity index (χ0n) is 13.7. The molecule has 2 aromatic rings. The Balaban J connectivity index is 1.84. The van der Waals surface area contributed by atoms with E-state index in [4.69, 9.17) is 37.6 Å². The van der Waals surface area contributed by atoms with E-state index in [-0.39, 0.29) is 24.8 Å². The van der Waals surface area contributed by atoms with Gasteiger partial charge in [-0.3, -0.25) is 4.79 Å². The molecule has 1 aromatic carbocycles. The van der Waals surface area contributed by atoms with Crippen LogP contribution in [0, 0.1) is 0 Å². The maximum Gasteiger partial charge on any atom is 0.273 e. The molecule has 0 spiro atoms. The van der Waals surface area contributed by atoms with Crippen LogP contribution in [0.25, 0.3) is 0 Å². The van der Waals surface area contributed by atoms with Crippen LogP contribution in [0.4, 0.5) is 0 Å². The van der Waals surface area contributed by atoms with Crippen LogP contribution in [0.2, 0.25) is 10.0 Å². The lowest BCUT2D eigenvalue weighted by Gasteiger charge is -2.14. The number of aromatic nitrogens is 1. The van der Waals surface area contributed by atoms with Gasteiger partial charge in [-0.2, -0.15) is 0 Å². The van der Waals surface area contributed by atoms with Crippen molar-refractivity contribution in [1.82, 2.24) is 15.4 Å². The fraction of sp³-hybridized carbons (Fsp3) is 0.375. The highest BCUT2D eigenvalue weighted by Crippen LogP contribution is 2.32. The van der Waals surface area contributed by atoms with Crippen LogP contribution >= 0.6 is 23.2 Å². The summed E-state index contributed by atoms with van der Waals surface area (Å²) >= 11 is 12.0. The Kier molecular flexibility index (Phi) is 7.52. The van der Waals surface area contributed by atoms with Crippen LogP contribution in [-0.4, -0.2) is 54.4 Å². The number of benzene rings is 1. The fourth-order valence-electron chi connectivity index (χ4n) is 1.99. The third-order valence-electron chi connectivity index (χ3n) is 3.33. The molecule has 1 aromatic heterocycles. The zero-order chi connectivity index (χ0) is 18.2. The summed E-state index contributed by atoms with van der Waals surface area (Å²) in [6, 6.07) is 6.54. The van der Waals surface area contributed by atoms with Gasteiger partial charge in [-0.15, -0.1) is 0 Å². The van der Waals surface area contributed by atoms with Crippen LogP contribution in [-0.2, 0) is 6.61 Å². The molecule has 0 bridgehead atoms. The standard InChI is InChI=1S/C16H19Cl2N3O4/c1-21(7-8-22)6-5-19-16(23)14-9-11(25-20-14)10-24-15-12(17)3-2-4-13(15)18/h2-4,9,22H,5-8,10H2,1H3,(H,19,23).